The molecule has 0 radical (unpaired) electrons. The Labute approximate surface area is 106 Å². The maximum Gasteiger partial charge on any atom is 0.163 e. The quantitative estimate of drug-likeness (QED) is 0.884. The molecule has 0 saturated carbocycles. The maximum atomic E-state index is 10.4. The van der Waals surface area contributed by atoms with Crippen LogP contribution in [0.5, 0.6) is 5.75 Å². The topological polar surface area (TPSA) is 60.4 Å². The lowest BCUT2D eigenvalue weighted by Crippen LogP contribution is -2.10. The van der Waals surface area contributed by atoms with Crippen LogP contribution >= 0.6 is 0 Å². The lowest BCUT2D eigenvalue weighted by Gasteiger charge is -2.12. The van der Waals surface area contributed by atoms with Crippen molar-refractivity contribution in [1.82, 2.24) is 9.78 Å². The van der Waals surface area contributed by atoms with E-state index in [4.69, 9.17) is 9.15 Å². The molecule has 0 amide bonds. The fourth-order valence-corrected chi connectivity index (χ4v) is 1.94. The third-order valence-corrected chi connectivity index (χ3v) is 2.79. The summed E-state index contributed by atoms with van der Waals surface area (Å²) in [5, 5.41) is 14.6. The summed E-state index contributed by atoms with van der Waals surface area (Å²) in [6.07, 6.45) is 1.69. The van der Waals surface area contributed by atoms with Gasteiger partial charge < -0.3 is 14.3 Å². The highest BCUT2D eigenvalue weighted by Crippen LogP contribution is 2.30. The van der Waals surface area contributed by atoms with Crippen molar-refractivity contribution in [3.63, 3.8) is 0 Å². The number of aryl methyl sites for hydroxylation is 2. The van der Waals surface area contributed by atoms with E-state index >= 15 is 0 Å². The molecular weight excluding hydrogens is 232 g/mol. The molecule has 2 aromatic heterocycles. The number of methoxy groups -OCH3 is 1. The van der Waals surface area contributed by atoms with Crippen molar-refractivity contribution in [3.05, 3.63) is 35.5 Å². The second-order valence-corrected chi connectivity index (χ2v) is 4.17. The van der Waals surface area contributed by atoms with Crippen LogP contribution in [0.15, 0.2) is 22.7 Å². The maximum absolute atomic E-state index is 10.4. The molecule has 0 aromatic carbocycles. The number of aliphatic hydroxyl groups is 1. The molecule has 18 heavy (non-hydrogen) atoms. The van der Waals surface area contributed by atoms with Gasteiger partial charge in [-0.3, -0.25) is 4.68 Å². The molecule has 98 valence electrons. The summed E-state index contributed by atoms with van der Waals surface area (Å²) in [5.74, 6) is 1.85. The number of aliphatic hydroxyl groups excluding tert-OH is 1. The molecule has 2 aromatic rings. The van der Waals surface area contributed by atoms with Crippen molar-refractivity contribution in [2.45, 2.75) is 32.9 Å². The summed E-state index contributed by atoms with van der Waals surface area (Å²) in [5.41, 5.74) is 0.633. The van der Waals surface area contributed by atoms with Crippen LogP contribution in [-0.2, 0) is 6.54 Å². The molecule has 5 heteroatoms. The zero-order valence-corrected chi connectivity index (χ0v) is 10.9. The fourth-order valence-electron chi connectivity index (χ4n) is 1.94. The molecule has 2 heterocycles. The van der Waals surface area contributed by atoms with Crippen LogP contribution in [0.2, 0.25) is 0 Å². The van der Waals surface area contributed by atoms with E-state index in [1.54, 1.807) is 24.1 Å². The van der Waals surface area contributed by atoms with Gasteiger partial charge in [0.2, 0.25) is 0 Å². The summed E-state index contributed by atoms with van der Waals surface area (Å²) in [7, 11) is 1.57. The van der Waals surface area contributed by atoms with Crippen LogP contribution in [0.3, 0.4) is 0 Å². The van der Waals surface area contributed by atoms with Gasteiger partial charge in [0.1, 0.15) is 17.2 Å². The zero-order chi connectivity index (χ0) is 13.1. The average Bonchev–Trinajstić information content (AvgIpc) is 2.95. The second-order valence-electron chi connectivity index (χ2n) is 4.17. The van der Waals surface area contributed by atoms with E-state index in [9.17, 15) is 5.11 Å². The molecule has 0 aliphatic heterocycles. The summed E-state index contributed by atoms with van der Waals surface area (Å²) in [4.78, 5) is 0. The summed E-state index contributed by atoms with van der Waals surface area (Å²) in [6, 6.07) is 3.59. The van der Waals surface area contributed by atoms with E-state index in [2.05, 4.69) is 12.0 Å². The van der Waals surface area contributed by atoms with Gasteiger partial charge in [-0.1, -0.05) is 6.92 Å². The van der Waals surface area contributed by atoms with Crippen molar-refractivity contribution in [2.75, 3.05) is 7.11 Å². The smallest absolute Gasteiger partial charge is 0.163 e. The largest absolute Gasteiger partial charge is 0.493 e. The van der Waals surface area contributed by atoms with Crippen LogP contribution in [-0.4, -0.2) is 22.0 Å². The Kier molecular flexibility index (Phi) is 3.72. The summed E-state index contributed by atoms with van der Waals surface area (Å²) >= 11 is 0. The summed E-state index contributed by atoms with van der Waals surface area (Å²) < 4.78 is 12.4. The molecule has 0 aliphatic rings. The zero-order valence-electron chi connectivity index (χ0n) is 10.9. The van der Waals surface area contributed by atoms with E-state index in [0.717, 1.165) is 18.7 Å². The van der Waals surface area contributed by atoms with Crippen LogP contribution < -0.4 is 4.74 Å². The number of rotatable bonds is 5. The van der Waals surface area contributed by atoms with Crippen LogP contribution in [0, 0.1) is 6.92 Å². The predicted molar refractivity (Wildman–Crippen MR) is 66.6 cm³/mol. The van der Waals surface area contributed by atoms with Gasteiger partial charge in [0, 0.05) is 6.54 Å². The fraction of sp³-hybridized carbons (Fsp3) is 0.462. The molecule has 0 fully saturated rings. The van der Waals surface area contributed by atoms with E-state index in [1.807, 2.05) is 13.0 Å². The lowest BCUT2D eigenvalue weighted by molar-refractivity contribution is 0.172. The average molecular weight is 250 g/mol. The molecule has 2 rings (SSSR count). The van der Waals surface area contributed by atoms with E-state index < -0.39 is 6.10 Å². The SMILES string of the molecule is CCCn1ncc(OC)c1C(O)c1ccc(C)o1. The Bertz CT molecular complexity index is 516. The highest BCUT2D eigenvalue weighted by atomic mass is 16.5. The van der Waals surface area contributed by atoms with Gasteiger partial charge in [0.15, 0.2) is 11.9 Å². The minimum absolute atomic E-state index is 0.503. The van der Waals surface area contributed by atoms with E-state index in [0.29, 0.717) is 17.2 Å². The Morgan fingerprint density at radius 3 is 2.83 bits per heavy atom. The van der Waals surface area contributed by atoms with Gasteiger partial charge in [-0.25, -0.2) is 0 Å². The first kappa shape index (κ1) is 12.7. The number of hydrogen-bond donors (Lipinski definition) is 1. The van der Waals surface area contributed by atoms with Crippen LogP contribution in [0.4, 0.5) is 0 Å². The minimum atomic E-state index is -0.859. The molecule has 0 aliphatic carbocycles. The number of ether oxygens (including phenoxy) is 1. The van der Waals surface area contributed by atoms with Crippen LogP contribution in [0.25, 0.3) is 0 Å². The third kappa shape index (κ3) is 2.26. The van der Waals surface area contributed by atoms with Gasteiger partial charge in [0.05, 0.1) is 13.3 Å². The normalized spacial score (nSPS) is 12.7. The second kappa shape index (κ2) is 5.27. The van der Waals surface area contributed by atoms with Gasteiger partial charge >= 0.3 is 0 Å². The van der Waals surface area contributed by atoms with E-state index in [-0.39, 0.29) is 0 Å². The molecular formula is C13H18N2O3. The molecule has 0 bridgehead atoms. The Morgan fingerprint density at radius 1 is 1.50 bits per heavy atom. The van der Waals surface area contributed by atoms with Crippen molar-refractivity contribution in [2.24, 2.45) is 0 Å². The first-order valence-corrected chi connectivity index (χ1v) is 6.01. The first-order chi connectivity index (χ1) is 8.67. The Morgan fingerprint density at radius 2 is 2.28 bits per heavy atom. The molecule has 5 nitrogen and oxygen atoms in total. The Balaban J connectivity index is 2.38. The molecule has 1 N–H and O–H groups in total. The monoisotopic (exact) mass is 250 g/mol. The molecule has 0 spiro atoms. The van der Waals surface area contributed by atoms with Gasteiger partial charge in [-0.15, -0.1) is 0 Å². The minimum Gasteiger partial charge on any atom is -0.493 e. The standard InChI is InChI=1S/C13H18N2O3/c1-4-7-15-12(11(17-3)8-14-15)13(16)10-6-5-9(2)18-10/h5-6,8,13,16H,4,7H2,1-3H3. The number of furan rings is 1. The predicted octanol–water partition coefficient (Wildman–Crippen LogP) is 2.28. The third-order valence-electron chi connectivity index (χ3n) is 2.79. The molecule has 1 atom stereocenters. The first-order valence-electron chi connectivity index (χ1n) is 6.01. The lowest BCUT2D eigenvalue weighted by atomic mass is 10.2. The van der Waals surface area contributed by atoms with Crippen molar-refractivity contribution in [1.29, 1.82) is 0 Å². The number of aromatic nitrogens is 2. The molecule has 1 unspecified atom stereocenters. The van der Waals surface area contributed by atoms with Gasteiger partial charge in [-0.05, 0) is 25.5 Å². The van der Waals surface area contributed by atoms with Crippen molar-refractivity contribution >= 4 is 0 Å². The van der Waals surface area contributed by atoms with E-state index in [1.165, 1.54) is 0 Å². The van der Waals surface area contributed by atoms with Crippen molar-refractivity contribution < 1.29 is 14.3 Å². The highest BCUT2D eigenvalue weighted by Gasteiger charge is 2.23. The van der Waals surface area contributed by atoms with Crippen molar-refractivity contribution in [3.8, 4) is 5.75 Å². The highest BCUT2D eigenvalue weighted by molar-refractivity contribution is 5.32. The Hall–Kier alpha value is -1.75. The number of hydrogen-bond acceptors (Lipinski definition) is 4. The van der Waals surface area contributed by atoms with Gasteiger partial charge in [-0.2, -0.15) is 5.10 Å². The van der Waals surface area contributed by atoms with Gasteiger partial charge in [0.25, 0.3) is 0 Å². The summed E-state index contributed by atoms with van der Waals surface area (Å²) in [6.45, 7) is 4.63. The number of nitrogens with zero attached hydrogens (tertiary/aromatic N) is 2. The van der Waals surface area contributed by atoms with Crippen LogP contribution in [0.1, 0.15) is 36.7 Å². The molecule has 0 saturated heterocycles.